The topological polar surface area (TPSA) is 33.1 Å². The van der Waals surface area contributed by atoms with Crippen LogP contribution in [-0.4, -0.2) is 21.9 Å². The monoisotopic (exact) mass is 183 g/mol. The van der Waals surface area contributed by atoms with E-state index in [0.29, 0.717) is 0 Å². The molecule has 1 aromatic heterocycles. The van der Waals surface area contributed by atoms with Gasteiger partial charge in [0.05, 0.1) is 6.10 Å². The first-order chi connectivity index (χ1) is 5.83. The molecule has 1 atom stereocenters. The molecule has 0 bridgehead atoms. The van der Waals surface area contributed by atoms with Gasteiger partial charge in [0.15, 0.2) is 0 Å². The molecule has 0 fully saturated rings. The molecule has 0 spiro atoms. The van der Waals surface area contributed by atoms with Gasteiger partial charge in [-0.15, -0.1) is 11.8 Å². The van der Waals surface area contributed by atoms with Gasteiger partial charge in [-0.1, -0.05) is 6.92 Å². The minimum absolute atomic E-state index is 0.192. The largest absolute Gasteiger partial charge is 0.392 e. The highest BCUT2D eigenvalue weighted by Crippen LogP contribution is 2.17. The summed E-state index contributed by atoms with van der Waals surface area (Å²) in [4.78, 5) is 5.08. The van der Waals surface area contributed by atoms with Crippen molar-refractivity contribution >= 4 is 11.8 Å². The number of hydrogen-bond acceptors (Lipinski definition) is 3. The van der Waals surface area contributed by atoms with E-state index < -0.39 is 0 Å². The van der Waals surface area contributed by atoms with E-state index in [1.807, 2.05) is 19.1 Å². The normalized spacial score (nSPS) is 12.8. The first-order valence-electron chi connectivity index (χ1n) is 4.04. The van der Waals surface area contributed by atoms with Crippen LogP contribution < -0.4 is 0 Å². The van der Waals surface area contributed by atoms with Crippen LogP contribution >= 0.6 is 11.8 Å². The van der Waals surface area contributed by atoms with Crippen LogP contribution in [0.15, 0.2) is 29.4 Å². The average Bonchev–Trinajstić information content (AvgIpc) is 2.16. The van der Waals surface area contributed by atoms with Crippen LogP contribution in [0.4, 0.5) is 0 Å². The molecule has 0 aliphatic heterocycles. The summed E-state index contributed by atoms with van der Waals surface area (Å²) in [6.45, 7) is 1.98. The summed E-state index contributed by atoms with van der Waals surface area (Å²) in [5.74, 6) is 0.764. The molecule has 66 valence electrons. The van der Waals surface area contributed by atoms with Crippen molar-refractivity contribution in [2.75, 3.05) is 5.75 Å². The number of thioether (sulfide) groups is 1. The summed E-state index contributed by atoms with van der Waals surface area (Å²) in [6.07, 6.45) is 4.16. The Kier molecular flexibility index (Phi) is 4.11. The second-order valence-electron chi connectivity index (χ2n) is 2.56. The number of aromatic nitrogens is 1. The summed E-state index contributed by atoms with van der Waals surface area (Å²) in [7, 11) is 0. The van der Waals surface area contributed by atoms with Gasteiger partial charge in [-0.25, -0.2) is 0 Å². The van der Waals surface area contributed by atoms with Crippen molar-refractivity contribution in [1.29, 1.82) is 0 Å². The third-order valence-electron chi connectivity index (χ3n) is 1.56. The zero-order valence-electron chi connectivity index (χ0n) is 7.10. The van der Waals surface area contributed by atoms with Crippen LogP contribution in [0.1, 0.15) is 13.3 Å². The second-order valence-corrected chi connectivity index (χ2v) is 3.65. The Morgan fingerprint density at radius 2 is 2.17 bits per heavy atom. The predicted molar refractivity (Wildman–Crippen MR) is 51.3 cm³/mol. The molecule has 0 aliphatic rings. The molecular weight excluding hydrogens is 170 g/mol. The average molecular weight is 183 g/mol. The lowest BCUT2D eigenvalue weighted by molar-refractivity contribution is 0.195. The number of aliphatic hydroxyl groups excluding tert-OH is 1. The molecule has 1 unspecified atom stereocenters. The second kappa shape index (κ2) is 5.17. The summed E-state index contributed by atoms with van der Waals surface area (Å²) >= 11 is 1.66. The minimum atomic E-state index is -0.192. The first kappa shape index (κ1) is 9.55. The van der Waals surface area contributed by atoms with Crippen molar-refractivity contribution in [1.82, 2.24) is 4.98 Å². The first-order valence-corrected chi connectivity index (χ1v) is 5.02. The zero-order chi connectivity index (χ0) is 8.81. The number of nitrogens with zero attached hydrogens (tertiary/aromatic N) is 1. The molecule has 0 aromatic carbocycles. The van der Waals surface area contributed by atoms with Crippen LogP contribution in [0.2, 0.25) is 0 Å². The van der Waals surface area contributed by atoms with E-state index in [2.05, 4.69) is 4.98 Å². The molecular formula is C9H13NOS. The van der Waals surface area contributed by atoms with E-state index in [4.69, 9.17) is 0 Å². The van der Waals surface area contributed by atoms with Gasteiger partial charge in [0.1, 0.15) is 0 Å². The van der Waals surface area contributed by atoms with Crippen LogP contribution in [0, 0.1) is 0 Å². The lowest BCUT2D eigenvalue weighted by Gasteiger charge is -2.05. The van der Waals surface area contributed by atoms with E-state index in [0.717, 1.165) is 17.1 Å². The quantitative estimate of drug-likeness (QED) is 0.724. The summed E-state index contributed by atoms with van der Waals surface area (Å²) < 4.78 is 0. The Labute approximate surface area is 77.0 Å². The van der Waals surface area contributed by atoms with Crippen molar-refractivity contribution in [3.05, 3.63) is 24.5 Å². The molecule has 2 nitrogen and oxygen atoms in total. The Morgan fingerprint density at radius 1 is 1.50 bits per heavy atom. The highest BCUT2D eigenvalue weighted by Gasteiger charge is 2.00. The van der Waals surface area contributed by atoms with E-state index >= 15 is 0 Å². The molecule has 1 N–H and O–H groups in total. The lowest BCUT2D eigenvalue weighted by Crippen LogP contribution is -2.06. The standard InChI is InChI=1S/C9H13NOS/c1-2-8(11)7-12-9-3-5-10-6-4-9/h3-6,8,11H,2,7H2,1H3. The van der Waals surface area contributed by atoms with Crippen LogP contribution in [-0.2, 0) is 0 Å². The molecule has 0 radical (unpaired) electrons. The van der Waals surface area contributed by atoms with Crippen LogP contribution in [0.5, 0.6) is 0 Å². The predicted octanol–water partition coefficient (Wildman–Crippen LogP) is 1.94. The maximum atomic E-state index is 9.28. The highest BCUT2D eigenvalue weighted by atomic mass is 32.2. The molecule has 3 heteroatoms. The van der Waals surface area contributed by atoms with Gasteiger partial charge in [-0.2, -0.15) is 0 Å². The van der Waals surface area contributed by atoms with Gasteiger partial charge in [0, 0.05) is 23.0 Å². The van der Waals surface area contributed by atoms with Crippen molar-refractivity contribution in [2.45, 2.75) is 24.3 Å². The van der Waals surface area contributed by atoms with Gasteiger partial charge >= 0.3 is 0 Å². The van der Waals surface area contributed by atoms with Crippen molar-refractivity contribution in [3.63, 3.8) is 0 Å². The lowest BCUT2D eigenvalue weighted by atomic mass is 10.3. The van der Waals surface area contributed by atoms with E-state index in [-0.39, 0.29) is 6.10 Å². The summed E-state index contributed by atoms with van der Waals surface area (Å²) in [5, 5.41) is 9.28. The number of aliphatic hydroxyl groups is 1. The maximum Gasteiger partial charge on any atom is 0.0631 e. The van der Waals surface area contributed by atoms with E-state index in [1.54, 1.807) is 24.2 Å². The molecule has 1 aromatic rings. The molecule has 0 amide bonds. The maximum absolute atomic E-state index is 9.28. The summed E-state index contributed by atoms with van der Waals surface area (Å²) in [5.41, 5.74) is 0. The van der Waals surface area contributed by atoms with Crippen LogP contribution in [0.3, 0.4) is 0 Å². The summed E-state index contributed by atoms with van der Waals surface area (Å²) in [6, 6.07) is 3.90. The van der Waals surface area contributed by atoms with Gasteiger partial charge in [-0.05, 0) is 18.6 Å². The van der Waals surface area contributed by atoms with Gasteiger partial charge in [0.25, 0.3) is 0 Å². The number of hydrogen-bond donors (Lipinski definition) is 1. The molecule has 0 aliphatic carbocycles. The fraction of sp³-hybridized carbons (Fsp3) is 0.444. The van der Waals surface area contributed by atoms with E-state index in [1.165, 1.54) is 0 Å². The number of rotatable bonds is 4. The van der Waals surface area contributed by atoms with Gasteiger partial charge in [0.2, 0.25) is 0 Å². The third kappa shape index (κ3) is 3.24. The highest BCUT2D eigenvalue weighted by molar-refractivity contribution is 7.99. The van der Waals surface area contributed by atoms with Gasteiger partial charge < -0.3 is 5.11 Å². The fourth-order valence-electron chi connectivity index (χ4n) is 0.745. The zero-order valence-corrected chi connectivity index (χ0v) is 7.92. The minimum Gasteiger partial charge on any atom is -0.392 e. The van der Waals surface area contributed by atoms with Crippen molar-refractivity contribution in [3.8, 4) is 0 Å². The fourth-order valence-corrected chi connectivity index (χ4v) is 1.68. The van der Waals surface area contributed by atoms with Crippen molar-refractivity contribution < 1.29 is 5.11 Å². The molecule has 1 heterocycles. The molecule has 12 heavy (non-hydrogen) atoms. The molecule has 0 saturated carbocycles. The smallest absolute Gasteiger partial charge is 0.0631 e. The Bertz CT molecular complexity index is 215. The Balaban J connectivity index is 2.33. The van der Waals surface area contributed by atoms with E-state index in [9.17, 15) is 5.11 Å². The molecule has 1 rings (SSSR count). The number of pyridine rings is 1. The van der Waals surface area contributed by atoms with Crippen LogP contribution in [0.25, 0.3) is 0 Å². The van der Waals surface area contributed by atoms with Crippen molar-refractivity contribution in [2.24, 2.45) is 0 Å². The van der Waals surface area contributed by atoms with Gasteiger partial charge in [-0.3, -0.25) is 4.98 Å². The Morgan fingerprint density at radius 3 is 2.75 bits per heavy atom. The Hall–Kier alpha value is -0.540. The SMILES string of the molecule is CCC(O)CSc1ccncc1. The molecule has 0 saturated heterocycles. The third-order valence-corrected chi connectivity index (χ3v) is 2.72.